The molecule has 3 heteroatoms. The van der Waals surface area contributed by atoms with Crippen molar-refractivity contribution in [1.29, 1.82) is 0 Å². The van der Waals surface area contributed by atoms with Gasteiger partial charge in [0.25, 0.3) is 0 Å². The van der Waals surface area contributed by atoms with Crippen molar-refractivity contribution in [3.63, 3.8) is 0 Å². The van der Waals surface area contributed by atoms with E-state index >= 15 is 0 Å². The van der Waals surface area contributed by atoms with Crippen LogP contribution in [-0.2, 0) is 0 Å². The van der Waals surface area contributed by atoms with E-state index in [1.54, 1.807) is 4.74 Å². The number of hydrogen-bond donors (Lipinski definition) is 1. The molecule has 0 saturated heterocycles. The van der Waals surface area contributed by atoms with Crippen molar-refractivity contribution in [2.24, 2.45) is 0 Å². The van der Waals surface area contributed by atoms with Gasteiger partial charge in [-0.15, -0.1) is 0 Å². The number of nitrogens with zero attached hydrogens (tertiary/aromatic N) is 1. The van der Waals surface area contributed by atoms with Crippen LogP contribution in [0.15, 0.2) is 30.3 Å². The maximum absolute atomic E-state index is 10.5. The molecule has 2 nitrogen and oxygen atoms in total. The Morgan fingerprint density at radius 3 is 2.65 bits per heavy atom. The minimum atomic E-state index is 0.0323. The molecule has 1 aromatic rings. The van der Waals surface area contributed by atoms with Gasteiger partial charge in [-0.25, -0.2) is 0 Å². The third-order valence-electron chi connectivity index (χ3n) is 4.77. The summed E-state index contributed by atoms with van der Waals surface area (Å²) in [5.74, 6) is 0. The van der Waals surface area contributed by atoms with E-state index < -0.39 is 0 Å². The average molecular weight is 337 g/mol. The van der Waals surface area contributed by atoms with Gasteiger partial charge in [0, 0.05) is 0 Å². The first-order chi connectivity index (χ1) is 9.81. The molecule has 1 spiro atoms. The summed E-state index contributed by atoms with van der Waals surface area (Å²) in [5, 5.41) is 10.5. The van der Waals surface area contributed by atoms with Gasteiger partial charge in [-0.05, 0) is 0 Å². The van der Waals surface area contributed by atoms with E-state index in [1.165, 1.54) is 49.4 Å². The van der Waals surface area contributed by atoms with Crippen LogP contribution in [0.5, 0.6) is 0 Å². The monoisotopic (exact) mass is 338 g/mol. The molecule has 0 amide bonds. The Balaban J connectivity index is 1.88. The molecule has 1 aliphatic heterocycles. The van der Waals surface area contributed by atoms with Gasteiger partial charge in [-0.1, -0.05) is 0 Å². The van der Waals surface area contributed by atoms with Gasteiger partial charge in [0.15, 0.2) is 0 Å². The van der Waals surface area contributed by atoms with Crippen molar-refractivity contribution in [1.82, 2.24) is 0 Å². The second-order valence-electron chi connectivity index (χ2n) is 6.04. The molecular formula is C17H24NOSe+. The van der Waals surface area contributed by atoms with E-state index in [9.17, 15) is 5.21 Å². The van der Waals surface area contributed by atoms with Crippen LogP contribution in [0.4, 0.5) is 0 Å². The normalized spacial score (nSPS) is 30.8. The van der Waals surface area contributed by atoms with Gasteiger partial charge in [0.2, 0.25) is 0 Å². The van der Waals surface area contributed by atoms with Gasteiger partial charge in [-0.2, -0.15) is 0 Å². The Hall–Kier alpha value is -0.791. The fourth-order valence-corrected chi connectivity index (χ4v) is 6.79. The number of hydrogen-bond acceptors (Lipinski definition) is 1. The van der Waals surface area contributed by atoms with Crippen LogP contribution in [-0.4, -0.2) is 36.7 Å². The summed E-state index contributed by atoms with van der Waals surface area (Å²) in [6.45, 7) is 0. The molecule has 0 radical (unpaired) electrons. The Bertz CT molecular complexity index is 473. The van der Waals surface area contributed by atoms with Crippen LogP contribution in [0.3, 0.4) is 0 Å². The third-order valence-corrected chi connectivity index (χ3v) is 7.92. The maximum atomic E-state index is 10.5. The summed E-state index contributed by atoms with van der Waals surface area (Å²) in [4.78, 5) is 0.640. The number of hydroxylamine groups is 1. The zero-order chi connectivity index (χ0) is 13.8. The molecule has 0 aromatic heterocycles. The molecule has 0 bridgehead atoms. The van der Waals surface area contributed by atoms with Crippen molar-refractivity contribution < 1.29 is 9.95 Å². The van der Waals surface area contributed by atoms with E-state index in [2.05, 4.69) is 30.3 Å². The second kappa shape index (κ2) is 6.32. The molecule has 20 heavy (non-hydrogen) atoms. The molecule has 1 heterocycles. The summed E-state index contributed by atoms with van der Waals surface area (Å²) < 4.78 is 3.10. The Labute approximate surface area is 128 Å². The molecule has 1 aliphatic carbocycles. The third kappa shape index (κ3) is 2.80. The van der Waals surface area contributed by atoms with Crippen LogP contribution in [0, 0.1) is 0 Å². The quantitative estimate of drug-likeness (QED) is 0.500. The molecule has 3 rings (SSSR count). The van der Waals surface area contributed by atoms with Crippen molar-refractivity contribution in [2.45, 2.75) is 61.7 Å². The van der Waals surface area contributed by atoms with E-state index in [1.807, 2.05) is 6.21 Å². The fraction of sp³-hybridized carbons (Fsp3) is 0.588. The van der Waals surface area contributed by atoms with Gasteiger partial charge < -0.3 is 0 Å². The molecule has 1 aromatic carbocycles. The van der Waals surface area contributed by atoms with Gasteiger partial charge in [0.05, 0.1) is 0 Å². The first-order valence-corrected chi connectivity index (χ1v) is 9.69. The molecule has 1 N–H and O–H groups in total. The Kier molecular flexibility index (Phi) is 4.48. The van der Waals surface area contributed by atoms with Crippen LogP contribution < -0.4 is 4.46 Å². The summed E-state index contributed by atoms with van der Waals surface area (Å²) in [5.41, 5.74) is 0.0323. The summed E-state index contributed by atoms with van der Waals surface area (Å²) in [7, 11) is 0. The van der Waals surface area contributed by atoms with E-state index in [0.29, 0.717) is 19.8 Å². The zero-order valence-corrected chi connectivity index (χ0v) is 13.7. The SMILES string of the molecule is O[N+]1=CCCCC12CCCCCC2[Se]c1ccccc1. The topological polar surface area (TPSA) is 23.2 Å². The van der Waals surface area contributed by atoms with Gasteiger partial charge >= 0.3 is 128 Å². The molecule has 2 unspecified atom stereocenters. The predicted octanol–water partition coefficient (Wildman–Crippen LogP) is 3.16. The van der Waals surface area contributed by atoms with Crippen LogP contribution >= 0.6 is 0 Å². The van der Waals surface area contributed by atoms with E-state index in [4.69, 9.17) is 0 Å². The molecule has 2 aliphatic rings. The van der Waals surface area contributed by atoms with Crippen LogP contribution in [0.2, 0.25) is 4.82 Å². The first-order valence-electron chi connectivity index (χ1n) is 7.84. The summed E-state index contributed by atoms with van der Waals surface area (Å²) in [6.07, 6.45) is 11.8. The van der Waals surface area contributed by atoms with Crippen LogP contribution in [0.1, 0.15) is 51.4 Å². The molecule has 108 valence electrons. The first kappa shape index (κ1) is 14.2. The van der Waals surface area contributed by atoms with E-state index in [-0.39, 0.29) is 5.54 Å². The standard InChI is InChI=1S/C17H24NOSe/c19-18-14-8-7-13-17(18)12-6-2-5-11-16(17)20-15-9-3-1-4-10-15/h1,3-4,9-10,14,16,19H,2,5-8,11-13H2/q+1. The second-order valence-corrected chi connectivity index (χ2v) is 8.72. The molecule has 1 saturated carbocycles. The van der Waals surface area contributed by atoms with E-state index in [0.717, 1.165) is 6.42 Å². The number of rotatable bonds is 2. The molecule has 1 fully saturated rings. The van der Waals surface area contributed by atoms with Crippen LogP contribution in [0.25, 0.3) is 0 Å². The Morgan fingerprint density at radius 1 is 1.05 bits per heavy atom. The average Bonchev–Trinajstić information content (AvgIpc) is 2.67. The minimum absolute atomic E-state index is 0.0323. The van der Waals surface area contributed by atoms with Gasteiger partial charge in [0.1, 0.15) is 0 Å². The molecular weight excluding hydrogens is 313 g/mol. The van der Waals surface area contributed by atoms with Crippen molar-refractivity contribution in [3.05, 3.63) is 30.3 Å². The predicted molar refractivity (Wildman–Crippen MR) is 83.4 cm³/mol. The van der Waals surface area contributed by atoms with Crippen molar-refractivity contribution >= 4 is 25.6 Å². The number of benzene rings is 1. The summed E-state index contributed by atoms with van der Waals surface area (Å²) >= 11 is 0.456. The fourth-order valence-electron chi connectivity index (χ4n) is 3.67. The summed E-state index contributed by atoms with van der Waals surface area (Å²) in [6, 6.07) is 10.9. The molecule has 2 atom stereocenters. The van der Waals surface area contributed by atoms with Gasteiger partial charge in [-0.3, -0.25) is 0 Å². The zero-order valence-electron chi connectivity index (χ0n) is 12.0. The Morgan fingerprint density at radius 2 is 1.85 bits per heavy atom. The van der Waals surface area contributed by atoms with Crippen molar-refractivity contribution in [2.75, 3.05) is 0 Å². The van der Waals surface area contributed by atoms with Crippen molar-refractivity contribution in [3.8, 4) is 0 Å².